The molecule has 9 heteroatoms. The first-order chi connectivity index (χ1) is 6.83. The molecule has 0 rings (SSSR count). The summed E-state index contributed by atoms with van der Waals surface area (Å²) in [7, 11) is 0. The van der Waals surface area contributed by atoms with Crippen LogP contribution in [0.5, 0.6) is 0 Å². The highest BCUT2D eigenvalue weighted by Gasteiger charge is 1.34. The Morgan fingerprint density at radius 2 is 0.727 bits per heavy atom. The van der Waals surface area contributed by atoms with Gasteiger partial charge in [0.15, 0.2) is 0 Å². The highest BCUT2D eigenvalue weighted by molar-refractivity contribution is 7.79. The topological polar surface area (TPSA) is 152 Å². The first-order valence-electron chi connectivity index (χ1n) is 2.85. The highest BCUT2D eigenvalue weighted by Crippen LogP contribution is 1.31. The van der Waals surface area contributed by atoms with Crippen LogP contribution in [-0.4, -0.2) is 45.3 Å². The van der Waals surface area contributed by atoms with E-state index in [0.29, 0.717) is 0 Å². The quantitative estimate of drug-likeness (QED) is 0.133. The second kappa shape index (κ2) is 3820. The summed E-state index contributed by atoms with van der Waals surface area (Å²) in [5, 5.41) is 31.6. The minimum Gasteiger partial charge on any atom is -0.397 e. The van der Waals surface area contributed by atoms with Gasteiger partial charge in [0, 0.05) is 16.5 Å². The van der Waals surface area contributed by atoms with E-state index >= 15 is 0 Å². The molecule has 0 fully saturated rings. The summed E-state index contributed by atoms with van der Waals surface area (Å²) in [6, 6.07) is 0. The third kappa shape index (κ3) is 19600. The molecule has 0 bridgehead atoms. The second-order valence-corrected chi connectivity index (χ2v) is 0.552. The SMILES string of the molecule is C.C.C.C.C.C.C.C.CC=O.CCO.CS.O=O.OO.OO. The minimum absolute atomic E-state index is 0. The van der Waals surface area contributed by atoms with Crippen LogP contribution in [0.2, 0.25) is 0 Å². The van der Waals surface area contributed by atoms with Crippen molar-refractivity contribution >= 4 is 18.9 Å². The predicted molar refractivity (Wildman–Crippen MR) is 111 cm³/mol. The lowest BCUT2D eigenvalue weighted by atomic mass is 10.9. The summed E-state index contributed by atoms with van der Waals surface area (Å²) < 4.78 is 0. The van der Waals surface area contributed by atoms with Gasteiger partial charge < -0.3 is 9.90 Å². The normalized spacial score (nSPS) is 2.41. The van der Waals surface area contributed by atoms with Crippen molar-refractivity contribution in [3.8, 4) is 0 Å². The van der Waals surface area contributed by atoms with E-state index in [-0.39, 0.29) is 66.0 Å². The molecule has 0 unspecified atom stereocenters. The van der Waals surface area contributed by atoms with E-state index in [4.69, 9.17) is 40.9 Å². The van der Waals surface area contributed by atoms with Crippen LogP contribution in [0.4, 0.5) is 0 Å². The molecule has 0 aliphatic rings. The van der Waals surface area contributed by atoms with Crippen LogP contribution >= 0.6 is 12.6 Å². The number of hydrogen-bond donors (Lipinski definition) is 6. The fourth-order valence-electron chi connectivity index (χ4n) is 0. The number of aliphatic hydroxyl groups excluding tert-OH is 1. The van der Waals surface area contributed by atoms with Crippen LogP contribution in [0.15, 0.2) is 0 Å². The van der Waals surface area contributed by atoms with Crippen LogP contribution in [0.3, 0.4) is 0 Å². The minimum atomic E-state index is 0. The van der Waals surface area contributed by atoms with Gasteiger partial charge in [-0.05, 0) is 20.1 Å². The summed E-state index contributed by atoms with van der Waals surface area (Å²) in [4.78, 5) is 22.8. The Hall–Kier alpha value is -0.580. The summed E-state index contributed by atoms with van der Waals surface area (Å²) in [5.41, 5.74) is 0. The molecule has 156 valence electrons. The first-order valence-corrected chi connectivity index (χ1v) is 3.74. The summed E-state index contributed by atoms with van der Waals surface area (Å²) >= 11 is 3.53. The number of thiol groups is 1. The van der Waals surface area contributed by atoms with Gasteiger partial charge in [0.05, 0.1) is 0 Å². The van der Waals surface area contributed by atoms with Crippen LogP contribution in [0.1, 0.15) is 73.3 Å². The second-order valence-electron chi connectivity index (χ2n) is 0.552. The summed E-state index contributed by atoms with van der Waals surface area (Å²) in [6.07, 6.45) is 2.44. The average Bonchev–Trinajstić information content (AvgIpc) is 2.31. The van der Waals surface area contributed by atoms with Crippen molar-refractivity contribution in [2.24, 2.45) is 0 Å². The zero-order valence-electron chi connectivity index (χ0n) is 8.19. The molecule has 0 aromatic heterocycles. The van der Waals surface area contributed by atoms with Crippen molar-refractivity contribution in [2.75, 3.05) is 12.9 Å². The number of aldehydes is 1. The number of hydrogen-bond acceptors (Lipinski definition) is 9. The van der Waals surface area contributed by atoms with Crippen LogP contribution in [0.25, 0.3) is 0 Å². The molecule has 8 nitrogen and oxygen atoms in total. The Labute approximate surface area is 146 Å². The smallest absolute Gasteiger partial charge is 0.116 e. The zero-order valence-corrected chi connectivity index (χ0v) is 9.09. The van der Waals surface area contributed by atoms with E-state index in [1.807, 2.05) is 0 Å². The number of aliphatic hydroxyl groups is 1. The van der Waals surface area contributed by atoms with Gasteiger partial charge in [-0.1, -0.05) is 59.4 Å². The molecule has 0 aliphatic carbocycles. The Kier molecular flexibility index (Phi) is 28200. The van der Waals surface area contributed by atoms with Crippen molar-refractivity contribution in [1.82, 2.24) is 0 Å². The van der Waals surface area contributed by atoms with E-state index in [1.54, 1.807) is 13.2 Å². The van der Waals surface area contributed by atoms with Crippen LogP contribution < -0.4 is 0 Å². The maximum absolute atomic E-state index is 8.81. The van der Waals surface area contributed by atoms with Gasteiger partial charge in [0.25, 0.3) is 0 Å². The first kappa shape index (κ1) is 162. The Morgan fingerprint density at radius 1 is 0.727 bits per heavy atom. The zero-order chi connectivity index (χ0) is 13.4. The molecule has 0 heterocycles. The molecule has 0 saturated carbocycles. The van der Waals surface area contributed by atoms with E-state index in [9.17, 15) is 0 Å². The lowest BCUT2D eigenvalue weighted by Crippen LogP contribution is -1.57. The summed E-state index contributed by atoms with van der Waals surface area (Å²) in [6.45, 7) is 3.38. The molecule has 0 spiro atoms. The Bertz CT molecular complexity index is 47.2. The molecule has 22 heavy (non-hydrogen) atoms. The fourth-order valence-corrected chi connectivity index (χ4v) is 0. The van der Waals surface area contributed by atoms with E-state index < -0.39 is 0 Å². The van der Waals surface area contributed by atoms with Crippen molar-refractivity contribution in [2.45, 2.75) is 73.3 Å². The van der Waals surface area contributed by atoms with Crippen molar-refractivity contribution in [1.29, 1.82) is 0 Å². The Morgan fingerprint density at radius 3 is 0.727 bits per heavy atom. The molecule has 0 saturated heterocycles. The van der Waals surface area contributed by atoms with Gasteiger partial charge >= 0.3 is 0 Å². The maximum Gasteiger partial charge on any atom is 0.116 e. The van der Waals surface area contributed by atoms with E-state index in [2.05, 4.69) is 12.6 Å². The number of carbonyl (C=O) groups is 1. The standard InChI is InChI=1S/C2H6O.C2H4O.CH4S.8CH4.2H2O2.O2/c2*1-2-3;1-2;;;;;;;;;3*1-2/h3H,2H2,1H3;2H,1H3;2H,1H3;8*1H4;2*1-2H;. The average molecular weight is 367 g/mol. The van der Waals surface area contributed by atoms with Crippen molar-refractivity contribution < 1.29 is 30.9 Å². The number of rotatable bonds is 0. The fraction of sp³-hybridized carbons (Fsp3) is 0.923. The van der Waals surface area contributed by atoms with Gasteiger partial charge in [-0.25, -0.2) is 0 Å². The molecule has 0 atom stereocenters. The van der Waals surface area contributed by atoms with E-state index in [0.717, 1.165) is 6.29 Å². The molecule has 0 radical (unpaired) electrons. The predicted octanol–water partition coefficient (Wildman–Crippen LogP) is 5.94. The van der Waals surface area contributed by atoms with Gasteiger partial charge in [-0.15, -0.1) is 0 Å². The van der Waals surface area contributed by atoms with Gasteiger partial charge in [0.1, 0.15) is 6.29 Å². The number of carbonyl (C=O) groups excluding carboxylic acids is 1. The van der Waals surface area contributed by atoms with Crippen LogP contribution in [0, 0.1) is 9.93 Å². The van der Waals surface area contributed by atoms with Crippen LogP contribution in [-0.2, 0) is 4.79 Å². The maximum atomic E-state index is 8.81. The third-order valence-electron chi connectivity index (χ3n) is 0. The van der Waals surface area contributed by atoms with Gasteiger partial charge in [-0.3, -0.25) is 21.0 Å². The highest BCUT2D eigenvalue weighted by atomic mass is 32.1. The Balaban J connectivity index is -0.00000000274. The van der Waals surface area contributed by atoms with Gasteiger partial charge in [0.2, 0.25) is 0 Å². The lowest BCUT2D eigenvalue weighted by molar-refractivity contribution is -0.176. The molecule has 0 amide bonds. The molecule has 5 N–H and O–H groups in total. The molecule has 0 aliphatic heterocycles. The van der Waals surface area contributed by atoms with Crippen molar-refractivity contribution in [3.05, 3.63) is 9.93 Å². The lowest BCUT2D eigenvalue weighted by Gasteiger charge is -1.52. The van der Waals surface area contributed by atoms with Gasteiger partial charge in [-0.2, -0.15) is 12.6 Å². The molecule has 0 aromatic carbocycles. The summed E-state index contributed by atoms with van der Waals surface area (Å²) in [5.74, 6) is 0. The third-order valence-corrected chi connectivity index (χ3v) is 0. The monoisotopic (exact) mass is 366 g/mol. The largest absolute Gasteiger partial charge is 0.397 e. The van der Waals surface area contributed by atoms with E-state index in [1.165, 1.54) is 6.92 Å². The molecular weight excluding hydrogens is 316 g/mol. The molecule has 0 aromatic rings. The van der Waals surface area contributed by atoms with Crippen molar-refractivity contribution in [3.63, 3.8) is 0 Å². The molecular formula is C13H50O8S.